The van der Waals surface area contributed by atoms with Crippen LogP contribution in [0.4, 0.5) is 0 Å². The molecule has 4 saturated carbocycles. The Kier molecular flexibility index (Phi) is 16.2. The highest BCUT2D eigenvalue weighted by Crippen LogP contribution is 2.68. The maximum absolute atomic E-state index is 12.6. The van der Waals surface area contributed by atoms with Crippen molar-refractivity contribution in [3.05, 3.63) is 0 Å². The van der Waals surface area contributed by atoms with Gasteiger partial charge in [-0.2, -0.15) is 0 Å². The zero-order valence-corrected chi connectivity index (χ0v) is 38.5. The van der Waals surface area contributed by atoms with Gasteiger partial charge in [-0.25, -0.2) is 0 Å². The third-order valence-corrected chi connectivity index (χ3v) is 15.8. The Hall–Kier alpha value is -2.77. The van der Waals surface area contributed by atoms with Gasteiger partial charge in [-0.15, -0.1) is 0 Å². The Balaban J connectivity index is 1.32. The van der Waals surface area contributed by atoms with Crippen LogP contribution in [0.25, 0.3) is 0 Å². The smallest absolute Gasteiger partial charge is 0.303 e. The van der Waals surface area contributed by atoms with Crippen molar-refractivity contribution in [1.29, 1.82) is 0 Å². The molecule has 60 heavy (non-hydrogen) atoms. The second-order valence-corrected chi connectivity index (χ2v) is 20.2. The lowest BCUT2D eigenvalue weighted by Gasteiger charge is -2.61. The number of methoxy groups -OCH3 is 1. The van der Waals surface area contributed by atoms with E-state index < -0.39 is 72.8 Å². The number of carbonyl (C=O) groups is 5. The highest BCUT2D eigenvalue weighted by Gasteiger charge is 2.61. The van der Waals surface area contributed by atoms with Crippen molar-refractivity contribution in [3.8, 4) is 0 Å². The average Bonchev–Trinajstić information content (AvgIpc) is 3.52. The summed E-state index contributed by atoms with van der Waals surface area (Å²) in [5, 5.41) is 3.76. The molecule has 0 spiro atoms. The summed E-state index contributed by atoms with van der Waals surface area (Å²) >= 11 is 0. The number of fused-ring (bicyclic) bond motifs is 5. The van der Waals surface area contributed by atoms with Gasteiger partial charge >= 0.3 is 29.8 Å². The van der Waals surface area contributed by atoms with Crippen molar-refractivity contribution in [2.24, 2.45) is 52.3 Å². The van der Waals surface area contributed by atoms with Crippen LogP contribution in [0.3, 0.4) is 0 Å². The number of hydrogen-bond donors (Lipinski definition) is 1. The van der Waals surface area contributed by atoms with Crippen LogP contribution in [0.1, 0.15) is 153 Å². The van der Waals surface area contributed by atoms with Crippen molar-refractivity contribution in [2.45, 2.75) is 195 Å². The van der Waals surface area contributed by atoms with Crippen molar-refractivity contribution in [2.75, 3.05) is 20.3 Å². The number of nitrogens with one attached hydrogen (secondary N) is 1. The molecule has 0 bridgehead atoms. The molecule has 0 aromatic carbocycles. The number of ether oxygens (including phenoxy) is 7. The fourth-order valence-corrected chi connectivity index (χ4v) is 13.1. The van der Waals surface area contributed by atoms with E-state index in [0.717, 1.165) is 61.7 Å². The predicted molar refractivity (Wildman–Crippen MR) is 223 cm³/mol. The molecule has 1 heterocycles. The van der Waals surface area contributed by atoms with Crippen LogP contribution >= 0.6 is 0 Å². The van der Waals surface area contributed by atoms with Gasteiger partial charge in [0, 0.05) is 54.2 Å². The Bertz CT molecular complexity index is 1520. The second kappa shape index (κ2) is 20.2. The van der Waals surface area contributed by atoms with Gasteiger partial charge in [-0.05, 0) is 110 Å². The maximum atomic E-state index is 12.6. The predicted octanol–water partition coefficient (Wildman–Crippen LogP) is 7.49. The molecule has 1 unspecified atom stereocenters. The molecule has 5 fully saturated rings. The quantitative estimate of drug-likeness (QED) is 0.113. The average molecular weight is 848 g/mol. The van der Waals surface area contributed by atoms with Crippen LogP contribution in [0.2, 0.25) is 0 Å². The molecular formula is C47H77NO12. The molecule has 13 nitrogen and oxygen atoms in total. The minimum absolute atomic E-state index is 0.0192. The number of rotatable bonds is 17. The largest absolute Gasteiger partial charge is 0.462 e. The van der Waals surface area contributed by atoms with Crippen LogP contribution in [0, 0.1) is 52.3 Å². The molecule has 15 atom stereocenters. The van der Waals surface area contributed by atoms with E-state index in [2.05, 4.69) is 39.9 Å². The van der Waals surface area contributed by atoms with E-state index in [9.17, 15) is 24.0 Å². The van der Waals surface area contributed by atoms with Gasteiger partial charge < -0.3 is 38.5 Å². The molecular weight excluding hydrogens is 771 g/mol. The van der Waals surface area contributed by atoms with Gasteiger partial charge in [0.1, 0.15) is 18.8 Å². The van der Waals surface area contributed by atoms with Crippen LogP contribution in [-0.4, -0.2) is 92.5 Å². The zero-order chi connectivity index (χ0) is 44.2. The molecule has 0 aromatic rings. The van der Waals surface area contributed by atoms with Crippen molar-refractivity contribution >= 4 is 29.8 Å². The van der Waals surface area contributed by atoms with Crippen LogP contribution < -0.4 is 5.32 Å². The van der Waals surface area contributed by atoms with Gasteiger partial charge in [0.15, 0.2) is 24.1 Å². The summed E-state index contributed by atoms with van der Waals surface area (Å²) in [6, 6.07) is 0.172. The Morgan fingerprint density at radius 3 is 2.03 bits per heavy atom. The summed E-state index contributed by atoms with van der Waals surface area (Å²) in [6.45, 7) is 18.1. The highest BCUT2D eigenvalue weighted by atomic mass is 16.7. The fraction of sp³-hybridized carbons (Fsp3) is 0.894. The standard InChI is InChI=1S/C47H77NO12/c1-27(2)13-12-14-28(3)37-17-18-38-36-16-15-34-23-35(19-21-45(34,9)39(36)20-22-46(37,38)10)48-26-47(54-11)24-40(56-30(5)50)42(58-32(7)52)44(60-47)43(59-33(8)53)41(57-31(6)51)25-55-29(4)49/h27-28,34-44,48H,12-26H2,1-11H3/t28-,34?,35-,36+,37-,38+,39+,40+,41+,42-,43-,44-,45+,46-,47-/m1/s1. The van der Waals surface area contributed by atoms with Gasteiger partial charge in [-0.1, -0.05) is 53.9 Å². The second-order valence-electron chi connectivity index (χ2n) is 20.2. The van der Waals surface area contributed by atoms with Crippen LogP contribution in [0.5, 0.6) is 0 Å². The molecule has 0 amide bonds. The molecule has 1 N–H and O–H groups in total. The Morgan fingerprint density at radius 1 is 0.750 bits per heavy atom. The molecule has 5 aliphatic rings. The lowest BCUT2D eigenvalue weighted by Crippen LogP contribution is -2.66. The first-order valence-electron chi connectivity index (χ1n) is 23.0. The van der Waals surface area contributed by atoms with Crippen molar-refractivity contribution in [1.82, 2.24) is 5.32 Å². The summed E-state index contributed by atoms with van der Waals surface area (Å²) in [4.78, 5) is 61.9. The Morgan fingerprint density at radius 2 is 1.42 bits per heavy atom. The summed E-state index contributed by atoms with van der Waals surface area (Å²) < 4.78 is 40.8. The molecule has 342 valence electrons. The van der Waals surface area contributed by atoms with Gasteiger partial charge in [0.05, 0.1) is 6.54 Å². The summed E-state index contributed by atoms with van der Waals surface area (Å²) in [5.41, 5.74) is 0.746. The number of hydrogen-bond acceptors (Lipinski definition) is 13. The van der Waals surface area contributed by atoms with E-state index >= 15 is 0 Å². The summed E-state index contributed by atoms with van der Waals surface area (Å²) in [7, 11) is 1.48. The number of esters is 5. The maximum Gasteiger partial charge on any atom is 0.303 e. The van der Waals surface area contributed by atoms with Crippen LogP contribution in [0.15, 0.2) is 0 Å². The van der Waals surface area contributed by atoms with E-state index in [1.54, 1.807) is 0 Å². The minimum atomic E-state index is -1.46. The van der Waals surface area contributed by atoms with Crippen molar-refractivity contribution < 1.29 is 57.1 Å². The number of carbonyl (C=O) groups excluding carboxylic acids is 5. The summed E-state index contributed by atoms with van der Waals surface area (Å²) in [5.74, 6) is 0.406. The Labute approximate surface area is 359 Å². The molecule has 0 aromatic heterocycles. The first-order valence-corrected chi connectivity index (χ1v) is 23.0. The highest BCUT2D eigenvalue weighted by molar-refractivity contribution is 5.69. The first kappa shape index (κ1) is 48.3. The lowest BCUT2D eigenvalue weighted by atomic mass is 9.44. The van der Waals surface area contributed by atoms with E-state index in [1.807, 2.05) is 0 Å². The molecule has 13 heteroatoms. The molecule has 5 rings (SSSR count). The van der Waals surface area contributed by atoms with E-state index in [-0.39, 0.29) is 24.4 Å². The van der Waals surface area contributed by atoms with Gasteiger partial charge in [0.25, 0.3) is 0 Å². The third-order valence-electron chi connectivity index (χ3n) is 15.8. The molecule has 1 aliphatic heterocycles. The SMILES string of the molecule is CO[C@]1(CN[C@@H]2CC[C@@]3(C)C(CC[C@H]4[C@@H]5CC[C@H]([C@H](C)CCCC(C)C)[C@@]5(C)CC[C@@H]43)C2)C[C@H](OC(C)=O)[C@@H](OC(C)=O)[C@H]([C@H](OC(C)=O)[C@H](COC(C)=O)OC(C)=O)O1. The topological polar surface area (TPSA) is 162 Å². The minimum Gasteiger partial charge on any atom is -0.462 e. The first-order chi connectivity index (χ1) is 28.2. The van der Waals surface area contributed by atoms with Gasteiger partial charge in [0.2, 0.25) is 0 Å². The van der Waals surface area contributed by atoms with E-state index in [0.29, 0.717) is 11.3 Å². The zero-order valence-electron chi connectivity index (χ0n) is 38.5. The van der Waals surface area contributed by atoms with E-state index in [4.69, 9.17) is 33.2 Å². The fourth-order valence-electron chi connectivity index (χ4n) is 13.1. The van der Waals surface area contributed by atoms with E-state index in [1.165, 1.54) is 92.6 Å². The monoisotopic (exact) mass is 848 g/mol. The normalized spacial score (nSPS) is 37.6. The van der Waals surface area contributed by atoms with Gasteiger partial charge in [-0.3, -0.25) is 24.0 Å². The molecule has 0 radical (unpaired) electrons. The third kappa shape index (κ3) is 11.1. The lowest BCUT2D eigenvalue weighted by molar-refractivity contribution is -0.330. The van der Waals surface area contributed by atoms with Crippen molar-refractivity contribution in [3.63, 3.8) is 0 Å². The summed E-state index contributed by atoms with van der Waals surface area (Å²) in [6.07, 6.45) is 8.55. The van der Waals surface area contributed by atoms with Crippen LogP contribution in [-0.2, 0) is 57.1 Å². The molecule has 4 aliphatic carbocycles. The molecule has 1 saturated heterocycles.